The van der Waals surface area contributed by atoms with Crippen molar-refractivity contribution in [3.05, 3.63) is 33.2 Å². The van der Waals surface area contributed by atoms with Gasteiger partial charge in [0.25, 0.3) is 5.56 Å². The maximum atomic E-state index is 11.5. The van der Waals surface area contributed by atoms with Crippen molar-refractivity contribution < 1.29 is 0 Å². The molecule has 3 heterocycles. The second-order valence-electron chi connectivity index (χ2n) is 3.04. The zero-order valence-electron chi connectivity index (χ0n) is 6.81. The summed E-state index contributed by atoms with van der Waals surface area (Å²) in [5.74, 6) is 0. The van der Waals surface area contributed by atoms with Crippen molar-refractivity contribution in [2.45, 2.75) is 0 Å². The summed E-state index contributed by atoms with van der Waals surface area (Å²) in [5.41, 5.74) is 0.909. The first-order chi connectivity index (χ1) is 6.22. The minimum Gasteiger partial charge on any atom is -0.268 e. The van der Waals surface area contributed by atoms with Crippen molar-refractivity contribution in [2.24, 2.45) is 7.05 Å². The Balaban J connectivity index is 2.76. The van der Waals surface area contributed by atoms with E-state index in [1.54, 1.807) is 6.20 Å². The third kappa shape index (κ3) is 0.568. The van der Waals surface area contributed by atoms with Gasteiger partial charge >= 0.3 is 5.69 Å². The summed E-state index contributed by atoms with van der Waals surface area (Å²) >= 11 is 0. The zero-order chi connectivity index (χ0) is 9.16. The number of pyridine rings is 1. The van der Waals surface area contributed by atoms with E-state index in [1.165, 1.54) is 17.8 Å². The average molecular weight is 175 g/mol. The molecule has 0 N–H and O–H groups in total. The Hall–Kier alpha value is -1.91. The van der Waals surface area contributed by atoms with Gasteiger partial charge in [0, 0.05) is 13.2 Å². The van der Waals surface area contributed by atoms with Gasteiger partial charge in [0.05, 0.1) is 22.8 Å². The second-order valence-corrected chi connectivity index (χ2v) is 3.04. The lowest BCUT2D eigenvalue weighted by Crippen LogP contribution is -2.32. The summed E-state index contributed by atoms with van der Waals surface area (Å²) in [5, 5.41) is 0.514. The van der Waals surface area contributed by atoms with Gasteiger partial charge in [-0.3, -0.25) is 18.9 Å². The van der Waals surface area contributed by atoms with Gasteiger partial charge in [0.1, 0.15) is 0 Å². The fraction of sp³-hybridized carbons (Fsp3) is 0.125. The van der Waals surface area contributed by atoms with E-state index in [1.807, 2.05) is 0 Å². The molecule has 64 valence electrons. The Morgan fingerprint density at radius 3 is 2.85 bits per heavy atom. The lowest BCUT2D eigenvalue weighted by atomic mass is 10.4. The van der Waals surface area contributed by atoms with Crippen molar-refractivity contribution in [2.75, 3.05) is 0 Å². The molecule has 0 saturated heterocycles. The molecule has 0 unspecified atom stereocenters. The second kappa shape index (κ2) is 1.71. The molecule has 0 fully saturated rings. The number of rotatable bonds is 0. The normalized spacial score (nSPS) is 12.1. The van der Waals surface area contributed by atoms with E-state index in [4.69, 9.17) is 0 Å². The van der Waals surface area contributed by atoms with Crippen molar-refractivity contribution in [1.82, 2.24) is 14.1 Å². The smallest absolute Gasteiger partial charge is 0.268 e. The Kier molecular flexibility index (Phi) is 0.866. The molecular formula is C8H5N3O2. The lowest BCUT2D eigenvalue weighted by molar-refractivity contribution is 0.778. The third-order valence-electron chi connectivity index (χ3n) is 2.33. The fourth-order valence-corrected chi connectivity index (χ4v) is 1.57. The van der Waals surface area contributed by atoms with Crippen LogP contribution in [0, 0.1) is 0 Å². The number of nitrogens with zero attached hydrogens (tertiary/aromatic N) is 3. The third-order valence-corrected chi connectivity index (χ3v) is 2.33. The van der Waals surface area contributed by atoms with Crippen molar-refractivity contribution in [3.8, 4) is 5.69 Å². The fourth-order valence-electron chi connectivity index (χ4n) is 1.57. The van der Waals surface area contributed by atoms with Crippen LogP contribution in [0.3, 0.4) is 0 Å². The quantitative estimate of drug-likeness (QED) is 0.458. The summed E-state index contributed by atoms with van der Waals surface area (Å²) in [6.07, 6.45) is 3.08. The van der Waals surface area contributed by atoms with Gasteiger partial charge in [0.15, 0.2) is 0 Å². The Bertz CT molecular complexity index is 651. The van der Waals surface area contributed by atoms with Crippen LogP contribution >= 0.6 is 0 Å². The summed E-state index contributed by atoms with van der Waals surface area (Å²) in [6.45, 7) is 0. The molecule has 1 aliphatic heterocycles. The van der Waals surface area contributed by atoms with E-state index >= 15 is 0 Å². The molecule has 5 heteroatoms. The highest BCUT2D eigenvalue weighted by molar-refractivity contribution is 5.96. The largest absolute Gasteiger partial charge is 0.336 e. The molecule has 0 amide bonds. The van der Waals surface area contributed by atoms with Gasteiger partial charge in [-0.05, 0) is 0 Å². The van der Waals surface area contributed by atoms with E-state index in [2.05, 4.69) is 4.98 Å². The monoisotopic (exact) mass is 175 g/mol. The molecule has 0 bridgehead atoms. The van der Waals surface area contributed by atoms with Crippen LogP contribution in [0.1, 0.15) is 0 Å². The molecule has 2 aromatic rings. The molecular weight excluding hydrogens is 170 g/mol. The number of fused-ring (bicyclic) bond motifs is 1. The topological polar surface area (TPSA) is 56.9 Å². The summed E-state index contributed by atoms with van der Waals surface area (Å²) in [7, 11) is 1.47. The van der Waals surface area contributed by atoms with Gasteiger partial charge in [-0.1, -0.05) is 0 Å². The molecule has 2 aromatic heterocycles. The van der Waals surface area contributed by atoms with E-state index in [9.17, 15) is 9.59 Å². The van der Waals surface area contributed by atoms with Crippen molar-refractivity contribution >= 4 is 10.9 Å². The molecule has 5 nitrogen and oxygen atoms in total. The highest BCUT2D eigenvalue weighted by atomic mass is 16.2. The van der Waals surface area contributed by atoms with Crippen LogP contribution in [0.2, 0.25) is 0 Å². The molecule has 0 radical (unpaired) electrons. The molecule has 13 heavy (non-hydrogen) atoms. The lowest BCUT2D eigenvalue weighted by Gasteiger charge is -1.91. The average Bonchev–Trinajstić information content (AvgIpc) is 2.86. The number of hydrogen-bond acceptors (Lipinski definition) is 3. The first-order valence-corrected chi connectivity index (χ1v) is 3.82. The van der Waals surface area contributed by atoms with Crippen LogP contribution in [-0.2, 0) is 7.05 Å². The van der Waals surface area contributed by atoms with Gasteiger partial charge in [0.2, 0.25) is 0 Å². The minimum absolute atomic E-state index is 0.275. The Labute approximate surface area is 71.9 Å². The maximum absolute atomic E-state index is 11.5. The first-order valence-electron chi connectivity index (χ1n) is 3.82. The van der Waals surface area contributed by atoms with Crippen LogP contribution in [-0.4, -0.2) is 14.1 Å². The number of aromatic nitrogens is 3. The predicted octanol–water partition coefficient (Wildman–Crippen LogP) is -0.602. The van der Waals surface area contributed by atoms with Crippen molar-refractivity contribution in [1.29, 1.82) is 0 Å². The maximum Gasteiger partial charge on any atom is 0.336 e. The minimum atomic E-state index is -0.291. The molecule has 0 aliphatic carbocycles. The summed E-state index contributed by atoms with van der Waals surface area (Å²) in [4.78, 5) is 26.8. The van der Waals surface area contributed by atoms with Crippen molar-refractivity contribution in [3.63, 3.8) is 0 Å². The highest BCUT2D eigenvalue weighted by Gasteiger charge is 2.26. The van der Waals surface area contributed by atoms with Gasteiger partial charge < -0.3 is 0 Å². The molecule has 0 saturated carbocycles. The Morgan fingerprint density at radius 2 is 2.08 bits per heavy atom. The van der Waals surface area contributed by atoms with Gasteiger partial charge in [-0.15, -0.1) is 0 Å². The van der Waals surface area contributed by atoms with Gasteiger partial charge in [-0.2, -0.15) is 0 Å². The van der Waals surface area contributed by atoms with Gasteiger partial charge in [-0.25, -0.2) is 4.79 Å². The molecule has 0 aromatic carbocycles. The van der Waals surface area contributed by atoms with E-state index in [0.29, 0.717) is 5.39 Å². The SMILES string of the molecule is Cn1c(=O)c2cncc3c2n-3c1=O. The summed E-state index contributed by atoms with van der Waals surface area (Å²) in [6, 6.07) is 0. The molecule has 1 aliphatic rings. The number of hydrogen-bond donors (Lipinski definition) is 0. The summed E-state index contributed by atoms with van der Waals surface area (Å²) < 4.78 is 2.58. The Morgan fingerprint density at radius 1 is 1.31 bits per heavy atom. The highest BCUT2D eigenvalue weighted by Crippen LogP contribution is 2.28. The van der Waals surface area contributed by atoms with Crippen LogP contribution in [0.4, 0.5) is 0 Å². The van der Waals surface area contributed by atoms with Crippen LogP contribution in [0.15, 0.2) is 22.0 Å². The van der Waals surface area contributed by atoms with E-state index in [-0.39, 0.29) is 11.2 Å². The molecule has 3 rings (SSSR count). The van der Waals surface area contributed by atoms with Crippen LogP contribution < -0.4 is 11.2 Å². The standard InChI is InChI=1S/C8H5N3O2/c1-10-7(12)4-2-9-3-5-6(4)11(5)8(10)13/h2-3H,1H3. The zero-order valence-corrected chi connectivity index (χ0v) is 6.81. The predicted molar refractivity (Wildman–Crippen MR) is 46.1 cm³/mol. The first kappa shape index (κ1) is 6.59. The van der Waals surface area contributed by atoms with E-state index < -0.39 is 0 Å². The van der Waals surface area contributed by atoms with Crippen LogP contribution in [0.25, 0.3) is 16.6 Å². The van der Waals surface area contributed by atoms with Crippen LogP contribution in [0.5, 0.6) is 0 Å². The molecule has 0 spiro atoms. The van der Waals surface area contributed by atoms with E-state index in [0.717, 1.165) is 15.8 Å². The molecule has 0 atom stereocenters.